The highest BCUT2D eigenvalue weighted by Crippen LogP contribution is 2.36. The lowest BCUT2D eigenvalue weighted by molar-refractivity contribution is 0.0598. The Labute approximate surface area is 123 Å². The van der Waals surface area contributed by atoms with Gasteiger partial charge in [0.25, 0.3) is 0 Å². The van der Waals surface area contributed by atoms with E-state index in [1.54, 1.807) is 11.1 Å². The summed E-state index contributed by atoms with van der Waals surface area (Å²) in [6.07, 6.45) is 8.07. The van der Waals surface area contributed by atoms with E-state index >= 15 is 0 Å². The molecule has 0 aliphatic heterocycles. The topological polar surface area (TPSA) is 15.3 Å². The normalized spacial score (nSPS) is 24.2. The molecule has 0 radical (unpaired) electrons. The van der Waals surface area contributed by atoms with Crippen LogP contribution in [0.3, 0.4) is 0 Å². The van der Waals surface area contributed by atoms with E-state index in [0.29, 0.717) is 5.54 Å². The third-order valence-electron chi connectivity index (χ3n) is 5.57. The van der Waals surface area contributed by atoms with Gasteiger partial charge in [0.15, 0.2) is 0 Å². The lowest BCUT2D eigenvalue weighted by atomic mass is 9.75. The van der Waals surface area contributed by atoms with Gasteiger partial charge in [-0.3, -0.25) is 0 Å². The van der Waals surface area contributed by atoms with E-state index in [9.17, 15) is 0 Å². The molecule has 0 bridgehead atoms. The minimum absolute atomic E-state index is 0.439. The molecule has 1 aromatic rings. The third kappa shape index (κ3) is 2.64. The van der Waals surface area contributed by atoms with E-state index < -0.39 is 0 Å². The Hall–Kier alpha value is -0.860. The molecule has 1 N–H and O–H groups in total. The van der Waals surface area contributed by atoms with Crippen LogP contribution in [0, 0.1) is 0 Å². The second-order valence-corrected chi connectivity index (χ2v) is 6.89. The molecule has 0 amide bonds. The zero-order chi connectivity index (χ0) is 14.0. The van der Waals surface area contributed by atoms with E-state index in [1.807, 2.05) is 0 Å². The number of aryl methyl sites for hydroxylation is 1. The molecule has 0 saturated heterocycles. The summed E-state index contributed by atoms with van der Waals surface area (Å²) in [5.74, 6) is 0.722. The lowest BCUT2D eigenvalue weighted by Gasteiger charge is -2.47. The summed E-state index contributed by atoms with van der Waals surface area (Å²) in [7, 11) is 4.47. The lowest BCUT2D eigenvalue weighted by Crippen LogP contribution is -2.56. The maximum Gasteiger partial charge on any atom is 0.0327 e. The van der Waals surface area contributed by atoms with Gasteiger partial charge < -0.3 is 10.2 Å². The third-order valence-corrected chi connectivity index (χ3v) is 5.57. The Bertz CT molecular complexity index is 448. The summed E-state index contributed by atoms with van der Waals surface area (Å²) in [5, 5.41) is 3.78. The highest BCUT2D eigenvalue weighted by Gasteiger charge is 2.38. The molecule has 0 spiro atoms. The van der Waals surface area contributed by atoms with Crippen LogP contribution in [0.15, 0.2) is 24.3 Å². The Morgan fingerprint density at radius 2 is 2.00 bits per heavy atom. The van der Waals surface area contributed by atoms with Gasteiger partial charge >= 0.3 is 0 Å². The monoisotopic (exact) mass is 272 g/mol. The largest absolute Gasteiger partial charge is 0.314 e. The summed E-state index contributed by atoms with van der Waals surface area (Å²) in [6.45, 7) is 2.30. The van der Waals surface area contributed by atoms with Gasteiger partial charge in [0.05, 0.1) is 0 Å². The zero-order valence-corrected chi connectivity index (χ0v) is 13.0. The Morgan fingerprint density at radius 3 is 2.70 bits per heavy atom. The SMILES string of the molecule is CN(C)C1(CNCC2CCCc3ccccc32)CCC1. The van der Waals surface area contributed by atoms with Gasteiger partial charge in [-0.1, -0.05) is 24.3 Å². The van der Waals surface area contributed by atoms with Crippen molar-refractivity contribution in [3.05, 3.63) is 35.4 Å². The molecule has 1 unspecified atom stereocenters. The van der Waals surface area contributed by atoms with Gasteiger partial charge in [-0.05, 0) is 69.7 Å². The minimum Gasteiger partial charge on any atom is -0.314 e. The summed E-state index contributed by atoms with van der Waals surface area (Å²) < 4.78 is 0. The molecule has 2 heteroatoms. The smallest absolute Gasteiger partial charge is 0.0327 e. The molecule has 20 heavy (non-hydrogen) atoms. The van der Waals surface area contributed by atoms with Crippen LogP contribution in [0.2, 0.25) is 0 Å². The van der Waals surface area contributed by atoms with Gasteiger partial charge in [0.1, 0.15) is 0 Å². The first-order valence-electron chi connectivity index (χ1n) is 8.17. The fraction of sp³-hybridized carbons (Fsp3) is 0.667. The first-order chi connectivity index (χ1) is 9.71. The van der Waals surface area contributed by atoms with Crippen molar-refractivity contribution in [2.75, 3.05) is 27.2 Å². The van der Waals surface area contributed by atoms with Crippen molar-refractivity contribution in [2.24, 2.45) is 0 Å². The fourth-order valence-electron chi connectivity index (χ4n) is 3.91. The second kappa shape index (κ2) is 5.87. The van der Waals surface area contributed by atoms with Crippen molar-refractivity contribution < 1.29 is 0 Å². The minimum atomic E-state index is 0.439. The molecular formula is C18H28N2. The van der Waals surface area contributed by atoms with Crippen molar-refractivity contribution in [1.29, 1.82) is 0 Å². The van der Waals surface area contributed by atoms with Gasteiger partial charge in [0, 0.05) is 18.6 Å². The first kappa shape index (κ1) is 14.1. The molecule has 0 aromatic heterocycles. The highest BCUT2D eigenvalue weighted by atomic mass is 15.2. The fourth-order valence-corrected chi connectivity index (χ4v) is 3.91. The van der Waals surface area contributed by atoms with Crippen molar-refractivity contribution in [3.63, 3.8) is 0 Å². The predicted molar refractivity (Wildman–Crippen MR) is 85.3 cm³/mol. The number of nitrogens with zero attached hydrogens (tertiary/aromatic N) is 1. The van der Waals surface area contributed by atoms with E-state index in [1.165, 1.54) is 38.5 Å². The average molecular weight is 272 g/mol. The number of benzene rings is 1. The zero-order valence-electron chi connectivity index (χ0n) is 13.0. The van der Waals surface area contributed by atoms with E-state index in [2.05, 4.69) is 48.6 Å². The van der Waals surface area contributed by atoms with Gasteiger partial charge in [-0.2, -0.15) is 0 Å². The maximum absolute atomic E-state index is 3.78. The van der Waals surface area contributed by atoms with Gasteiger partial charge in [-0.15, -0.1) is 0 Å². The van der Waals surface area contributed by atoms with Crippen LogP contribution in [-0.2, 0) is 6.42 Å². The van der Waals surface area contributed by atoms with Crippen LogP contribution >= 0.6 is 0 Å². The van der Waals surface area contributed by atoms with E-state index in [-0.39, 0.29) is 0 Å². The molecule has 2 aliphatic rings. The molecule has 2 aliphatic carbocycles. The summed E-state index contributed by atoms with van der Waals surface area (Å²) >= 11 is 0. The van der Waals surface area contributed by atoms with Crippen LogP contribution in [0.25, 0.3) is 0 Å². The summed E-state index contributed by atoms with van der Waals surface area (Å²) in [4.78, 5) is 2.43. The number of rotatable bonds is 5. The van der Waals surface area contributed by atoms with Crippen molar-refractivity contribution in [2.45, 2.75) is 50.0 Å². The van der Waals surface area contributed by atoms with Crippen molar-refractivity contribution in [3.8, 4) is 0 Å². The standard InChI is InChI=1S/C18H28N2/c1-20(2)18(11-6-12-18)14-19-13-16-9-5-8-15-7-3-4-10-17(15)16/h3-4,7,10,16,19H,5-6,8-9,11-14H2,1-2H3. The van der Waals surface area contributed by atoms with Crippen molar-refractivity contribution in [1.82, 2.24) is 10.2 Å². The van der Waals surface area contributed by atoms with Crippen LogP contribution in [0.4, 0.5) is 0 Å². The number of hydrogen-bond donors (Lipinski definition) is 1. The van der Waals surface area contributed by atoms with Gasteiger partial charge in [0.2, 0.25) is 0 Å². The molecule has 110 valence electrons. The molecule has 0 heterocycles. The van der Waals surface area contributed by atoms with E-state index in [4.69, 9.17) is 0 Å². The Kier molecular flexibility index (Phi) is 4.13. The first-order valence-corrected chi connectivity index (χ1v) is 8.17. The van der Waals surface area contributed by atoms with Crippen LogP contribution < -0.4 is 5.32 Å². The number of fused-ring (bicyclic) bond motifs is 1. The second-order valence-electron chi connectivity index (χ2n) is 6.89. The quantitative estimate of drug-likeness (QED) is 0.885. The molecule has 3 rings (SSSR count). The predicted octanol–water partition coefficient (Wildman–Crippen LogP) is 3.18. The van der Waals surface area contributed by atoms with Gasteiger partial charge in [-0.25, -0.2) is 0 Å². The molecule has 1 saturated carbocycles. The molecular weight excluding hydrogens is 244 g/mol. The van der Waals surface area contributed by atoms with Crippen LogP contribution in [0.5, 0.6) is 0 Å². The molecule has 1 fully saturated rings. The average Bonchev–Trinajstić information content (AvgIpc) is 2.41. The highest BCUT2D eigenvalue weighted by molar-refractivity contribution is 5.32. The number of nitrogens with one attached hydrogen (secondary N) is 1. The Morgan fingerprint density at radius 1 is 1.20 bits per heavy atom. The maximum atomic E-state index is 3.78. The molecule has 1 aromatic carbocycles. The van der Waals surface area contributed by atoms with Crippen molar-refractivity contribution >= 4 is 0 Å². The Balaban J connectivity index is 1.57. The van der Waals surface area contributed by atoms with E-state index in [0.717, 1.165) is 19.0 Å². The molecule has 2 nitrogen and oxygen atoms in total. The van der Waals surface area contributed by atoms with Crippen LogP contribution in [0.1, 0.15) is 49.1 Å². The van der Waals surface area contributed by atoms with Crippen LogP contribution in [-0.4, -0.2) is 37.6 Å². The summed E-state index contributed by atoms with van der Waals surface area (Å²) in [6, 6.07) is 9.04. The number of likely N-dealkylation sites (N-methyl/N-ethyl adjacent to an activating group) is 1. The molecule has 1 atom stereocenters. The number of hydrogen-bond acceptors (Lipinski definition) is 2. The summed E-state index contributed by atoms with van der Waals surface area (Å²) in [5.41, 5.74) is 3.61.